The minimum atomic E-state index is 0.510. The molecular formula is C25H16ClN7. The SMILES string of the molecule is Clc1ccc2c(c1)CN(c1nccc(-c3nccc(C#Cc4ccc5[nH]ncc5c4)n3)n1)C2. The van der Waals surface area contributed by atoms with Crippen LogP contribution in [0.15, 0.2) is 67.1 Å². The maximum absolute atomic E-state index is 6.14. The molecule has 0 saturated heterocycles. The minimum Gasteiger partial charge on any atom is -0.332 e. The maximum atomic E-state index is 6.14. The first kappa shape index (κ1) is 19.4. The van der Waals surface area contributed by atoms with E-state index < -0.39 is 0 Å². The van der Waals surface area contributed by atoms with E-state index in [1.807, 2.05) is 36.4 Å². The highest BCUT2D eigenvalue weighted by molar-refractivity contribution is 6.30. The lowest BCUT2D eigenvalue weighted by Crippen LogP contribution is -2.17. The number of aromatic nitrogens is 6. The number of nitrogens with zero attached hydrogens (tertiary/aromatic N) is 6. The van der Waals surface area contributed by atoms with E-state index in [2.05, 4.69) is 48.0 Å². The molecule has 8 heteroatoms. The molecule has 0 atom stereocenters. The summed E-state index contributed by atoms with van der Waals surface area (Å²) in [6, 6.07) is 15.5. The molecule has 0 saturated carbocycles. The lowest BCUT2D eigenvalue weighted by Gasteiger charge is -2.15. The van der Waals surface area contributed by atoms with E-state index >= 15 is 0 Å². The van der Waals surface area contributed by atoms with Gasteiger partial charge in [-0.2, -0.15) is 5.10 Å². The summed E-state index contributed by atoms with van der Waals surface area (Å²) < 4.78 is 0. The summed E-state index contributed by atoms with van der Waals surface area (Å²) in [6.07, 6.45) is 5.21. The average molecular weight is 450 g/mol. The molecule has 1 aliphatic rings. The van der Waals surface area contributed by atoms with E-state index in [-0.39, 0.29) is 0 Å². The number of rotatable bonds is 2. The number of aromatic amines is 1. The summed E-state index contributed by atoms with van der Waals surface area (Å²) in [5.41, 5.74) is 5.57. The Balaban J connectivity index is 1.26. The Hall–Kier alpha value is -4.28. The zero-order valence-electron chi connectivity index (χ0n) is 17.3. The van der Waals surface area contributed by atoms with E-state index in [0.717, 1.165) is 28.0 Å². The van der Waals surface area contributed by atoms with Crippen LogP contribution in [-0.4, -0.2) is 30.1 Å². The molecule has 0 unspecified atom stereocenters. The lowest BCUT2D eigenvalue weighted by atomic mass is 10.1. The van der Waals surface area contributed by atoms with Crippen molar-refractivity contribution in [2.75, 3.05) is 4.90 Å². The second-order valence-corrected chi connectivity index (χ2v) is 8.13. The van der Waals surface area contributed by atoms with Crippen molar-refractivity contribution >= 4 is 28.5 Å². The fraction of sp³-hybridized carbons (Fsp3) is 0.0800. The number of nitrogens with one attached hydrogen (secondary N) is 1. The van der Waals surface area contributed by atoms with Crippen LogP contribution in [0.25, 0.3) is 22.4 Å². The Bertz CT molecular complexity index is 1560. The van der Waals surface area contributed by atoms with Crippen molar-refractivity contribution in [1.82, 2.24) is 30.1 Å². The minimum absolute atomic E-state index is 0.510. The summed E-state index contributed by atoms with van der Waals surface area (Å²) in [6.45, 7) is 1.45. The molecule has 0 fully saturated rings. The molecule has 0 bridgehead atoms. The van der Waals surface area contributed by atoms with Crippen LogP contribution in [0.5, 0.6) is 0 Å². The number of anilines is 1. The molecule has 0 spiro atoms. The maximum Gasteiger partial charge on any atom is 0.226 e. The zero-order chi connectivity index (χ0) is 22.2. The van der Waals surface area contributed by atoms with Crippen LogP contribution in [-0.2, 0) is 13.1 Å². The number of fused-ring (bicyclic) bond motifs is 2. The number of benzene rings is 2. The molecule has 3 aromatic heterocycles. The standard InChI is InChI=1S/C25H16ClN7/c26-20-4-3-17-14-33(15-19(17)12-20)25-28-10-8-23(31-25)24-27-9-7-21(30-24)5-1-16-2-6-22-18(11-16)13-29-32-22/h2-4,6-13H,14-15H2,(H,29,32). The van der Waals surface area contributed by atoms with E-state index in [4.69, 9.17) is 16.6 Å². The van der Waals surface area contributed by atoms with Gasteiger partial charge >= 0.3 is 0 Å². The molecule has 7 nitrogen and oxygen atoms in total. The van der Waals surface area contributed by atoms with Gasteiger partial charge in [0, 0.05) is 41.5 Å². The Morgan fingerprint density at radius 1 is 0.879 bits per heavy atom. The summed E-state index contributed by atoms with van der Waals surface area (Å²) >= 11 is 6.14. The summed E-state index contributed by atoms with van der Waals surface area (Å²) in [7, 11) is 0. The third kappa shape index (κ3) is 3.88. The number of hydrogen-bond donors (Lipinski definition) is 1. The van der Waals surface area contributed by atoms with Gasteiger partial charge < -0.3 is 4.90 Å². The van der Waals surface area contributed by atoms with Gasteiger partial charge in [0.05, 0.1) is 11.7 Å². The quantitative estimate of drug-likeness (QED) is 0.402. The molecule has 0 radical (unpaired) electrons. The fourth-order valence-electron chi connectivity index (χ4n) is 3.84. The van der Waals surface area contributed by atoms with E-state index in [1.54, 1.807) is 24.7 Å². The van der Waals surface area contributed by atoms with Gasteiger partial charge in [0.25, 0.3) is 0 Å². The van der Waals surface area contributed by atoms with Crippen molar-refractivity contribution in [3.05, 3.63) is 94.5 Å². The first-order valence-electron chi connectivity index (χ1n) is 10.4. The van der Waals surface area contributed by atoms with Gasteiger partial charge in [-0.05, 0) is 59.5 Å². The Morgan fingerprint density at radius 2 is 1.79 bits per heavy atom. The monoisotopic (exact) mass is 449 g/mol. The lowest BCUT2D eigenvalue weighted by molar-refractivity contribution is 0.828. The van der Waals surface area contributed by atoms with Crippen LogP contribution in [0.3, 0.4) is 0 Å². The van der Waals surface area contributed by atoms with Gasteiger partial charge in [-0.25, -0.2) is 19.9 Å². The molecule has 158 valence electrons. The average Bonchev–Trinajstić information content (AvgIpc) is 3.49. The van der Waals surface area contributed by atoms with Crippen molar-refractivity contribution in [1.29, 1.82) is 0 Å². The van der Waals surface area contributed by atoms with Gasteiger partial charge in [-0.3, -0.25) is 5.10 Å². The number of H-pyrrole nitrogens is 1. The molecule has 0 amide bonds. The molecule has 33 heavy (non-hydrogen) atoms. The van der Waals surface area contributed by atoms with Gasteiger partial charge in [-0.1, -0.05) is 23.6 Å². The van der Waals surface area contributed by atoms with E-state index in [0.29, 0.717) is 29.7 Å². The molecule has 2 aromatic carbocycles. The van der Waals surface area contributed by atoms with Crippen LogP contribution in [0, 0.1) is 11.8 Å². The molecule has 5 aromatic rings. The van der Waals surface area contributed by atoms with Crippen LogP contribution in [0.4, 0.5) is 5.95 Å². The van der Waals surface area contributed by atoms with Gasteiger partial charge in [0.2, 0.25) is 5.95 Å². The van der Waals surface area contributed by atoms with E-state index in [1.165, 1.54) is 11.1 Å². The first-order valence-corrected chi connectivity index (χ1v) is 10.7. The van der Waals surface area contributed by atoms with Gasteiger partial charge in [-0.15, -0.1) is 0 Å². The normalized spacial score (nSPS) is 12.5. The van der Waals surface area contributed by atoms with Crippen molar-refractivity contribution in [3.63, 3.8) is 0 Å². The Kier molecular flexibility index (Phi) is 4.71. The number of hydrogen-bond acceptors (Lipinski definition) is 6. The molecule has 6 rings (SSSR count). The predicted molar refractivity (Wildman–Crippen MR) is 126 cm³/mol. The van der Waals surface area contributed by atoms with Crippen molar-refractivity contribution < 1.29 is 0 Å². The van der Waals surface area contributed by atoms with Gasteiger partial charge in [0.1, 0.15) is 11.4 Å². The van der Waals surface area contributed by atoms with Crippen LogP contribution >= 0.6 is 11.6 Å². The molecular weight excluding hydrogens is 434 g/mol. The molecule has 1 aliphatic heterocycles. The highest BCUT2D eigenvalue weighted by atomic mass is 35.5. The van der Waals surface area contributed by atoms with Crippen molar-refractivity contribution in [2.24, 2.45) is 0 Å². The van der Waals surface area contributed by atoms with Crippen LogP contribution in [0.2, 0.25) is 5.02 Å². The first-order chi connectivity index (χ1) is 16.2. The Morgan fingerprint density at radius 3 is 2.76 bits per heavy atom. The van der Waals surface area contributed by atoms with Crippen LogP contribution in [0.1, 0.15) is 22.4 Å². The summed E-state index contributed by atoms with van der Waals surface area (Å²) in [4.78, 5) is 20.3. The molecule has 4 heterocycles. The van der Waals surface area contributed by atoms with Crippen molar-refractivity contribution in [3.8, 4) is 23.4 Å². The summed E-state index contributed by atoms with van der Waals surface area (Å²) in [5, 5.41) is 8.74. The fourth-order valence-corrected chi connectivity index (χ4v) is 4.03. The highest BCUT2D eigenvalue weighted by Gasteiger charge is 2.22. The third-order valence-electron chi connectivity index (χ3n) is 5.48. The second-order valence-electron chi connectivity index (χ2n) is 7.70. The predicted octanol–water partition coefficient (Wildman–Crippen LogP) is 4.38. The largest absolute Gasteiger partial charge is 0.332 e. The topological polar surface area (TPSA) is 83.5 Å². The molecule has 1 N–H and O–H groups in total. The Labute approximate surface area is 194 Å². The number of halogens is 1. The second kappa shape index (κ2) is 8.01. The summed E-state index contributed by atoms with van der Waals surface area (Å²) in [5.74, 6) is 7.42. The van der Waals surface area contributed by atoms with Crippen LogP contribution < -0.4 is 4.90 Å². The van der Waals surface area contributed by atoms with Gasteiger partial charge in [0.15, 0.2) is 5.82 Å². The smallest absolute Gasteiger partial charge is 0.226 e. The third-order valence-corrected chi connectivity index (χ3v) is 5.71. The zero-order valence-corrected chi connectivity index (χ0v) is 18.1. The van der Waals surface area contributed by atoms with Crippen molar-refractivity contribution in [2.45, 2.75) is 13.1 Å². The molecule has 0 aliphatic carbocycles. The van der Waals surface area contributed by atoms with E-state index in [9.17, 15) is 0 Å². The highest BCUT2D eigenvalue weighted by Crippen LogP contribution is 2.28.